The lowest BCUT2D eigenvalue weighted by Crippen LogP contribution is -2.24. The van der Waals surface area contributed by atoms with Crippen molar-refractivity contribution in [2.24, 2.45) is 0 Å². The number of unbranched alkanes of at least 4 members (excludes halogenated alkanes) is 7. The molecule has 0 aliphatic carbocycles. The number of hydroxylamine groups is 1. The summed E-state index contributed by atoms with van der Waals surface area (Å²) in [4.78, 5) is 29.2. The summed E-state index contributed by atoms with van der Waals surface area (Å²) in [6, 6.07) is 7.68. The van der Waals surface area contributed by atoms with Crippen molar-refractivity contribution in [1.82, 2.24) is 5.48 Å². The minimum absolute atomic E-state index is 0.0595. The van der Waals surface area contributed by atoms with Crippen molar-refractivity contribution in [1.29, 1.82) is 0 Å². The molecule has 8 nitrogen and oxygen atoms in total. The first-order valence-corrected chi connectivity index (χ1v) is 12.1. The number of fused-ring (bicyclic) bond motifs is 1. The van der Waals surface area contributed by atoms with Gasteiger partial charge >= 0.3 is 0 Å². The second-order valence-corrected chi connectivity index (χ2v) is 8.63. The van der Waals surface area contributed by atoms with Crippen LogP contribution in [-0.4, -0.2) is 28.2 Å². The molecule has 0 spiro atoms. The Labute approximate surface area is 204 Å². The van der Waals surface area contributed by atoms with E-state index < -0.39 is 22.7 Å². The van der Waals surface area contributed by atoms with Crippen molar-refractivity contribution in [2.75, 3.05) is 6.54 Å². The lowest BCUT2D eigenvalue weighted by molar-refractivity contribution is -0.108. The highest BCUT2D eigenvalue weighted by Gasteiger charge is 2.21. The molecule has 0 fully saturated rings. The lowest BCUT2D eigenvalue weighted by atomic mass is 10.0. The topological polar surface area (TPSA) is 129 Å². The lowest BCUT2D eigenvalue weighted by Gasteiger charge is -2.12. The van der Waals surface area contributed by atoms with E-state index in [0.29, 0.717) is 17.3 Å². The standard InChI is InChI=1S/C27H33NO7/c1-2-3-4-5-6-7-8-9-10-18-11-12-20-23(15-18)34-26(27(24(20)32)35-28-13-14-29)19-16-21(30)25(33)22(31)17-19/h11-12,14-17,28,30-31,33H,2-10,13H2,1H3. The predicted molar refractivity (Wildman–Crippen MR) is 134 cm³/mol. The van der Waals surface area contributed by atoms with E-state index in [1.54, 1.807) is 6.07 Å². The van der Waals surface area contributed by atoms with Crippen LogP contribution in [0.3, 0.4) is 0 Å². The number of aldehydes is 1. The van der Waals surface area contributed by atoms with Gasteiger partial charge in [0.25, 0.3) is 0 Å². The molecule has 2 aromatic carbocycles. The number of phenolic OH excluding ortho intramolecular Hbond substituents is 3. The van der Waals surface area contributed by atoms with Crippen LogP contribution in [0, 0.1) is 0 Å². The molecule has 0 aliphatic rings. The van der Waals surface area contributed by atoms with Crippen LogP contribution < -0.4 is 15.7 Å². The van der Waals surface area contributed by atoms with Crippen LogP contribution in [-0.2, 0) is 11.2 Å². The number of hydrogen-bond acceptors (Lipinski definition) is 8. The second kappa shape index (κ2) is 12.8. The number of phenols is 3. The van der Waals surface area contributed by atoms with Gasteiger partial charge < -0.3 is 29.4 Å². The zero-order valence-corrected chi connectivity index (χ0v) is 20.0. The number of benzene rings is 2. The highest BCUT2D eigenvalue weighted by molar-refractivity contribution is 5.83. The Balaban J connectivity index is 1.86. The average Bonchev–Trinajstić information content (AvgIpc) is 2.85. The van der Waals surface area contributed by atoms with Gasteiger partial charge in [-0.1, -0.05) is 57.9 Å². The summed E-state index contributed by atoms with van der Waals surface area (Å²) >= 11 is 0. The fraction of sp³-hybridized carbons (Fsp3) is 0.407. The fourth-order valence-corrected chi connectivity index (χ4v) is 4.00. The van der Waals surface area contributed by atoms with E-state index in [0.717, 1.165) is 37.0 Å². The summed E-state index contributed by atoms with van der Waals surface area (Å²) in [5, 5.41) is 29.9. The third-order valence-electron chi connectivity index (χ3n) is 5.91. The van der Waals surface area contributed by atoms with Gasteiger partial charge in [0.1, 0.15) is 11.9 Å². The summed E-state index contributed by atoms with van der Waals surface area (Å²) in [5.74, 6) is -2.16. The minimum atomic E-state index is -0.689. The van der Waals surface area contributed by atoms with Crippen molar-refractivity contribution in [3.8, 4) is 34.3 Å². The molecule has 1 aromatic heterocycles. The molecule has 188 valence electrons. The largest absolute Gasteiger partial charge is 0.504 e. The van der Waals surface area contributed by atoms with Gasteiger partial charge in [0.15, 0.2) is 23.0 Å². The minimum Gasteiger partial charge on any atom is -0.504 e. The SMILES string of the molecule is CCCCCCCCCCc1ccc2c(=O)c(ONCC=O)c(-c3cc(O)c(O)c(O)c3)oc2c1. The molecule has 0 unspecified atom stereocenters. The van der Waals surface area contributed by atoms with Gasteiger partial charge in [0.2, 0.25) is 11.2 Å². The Hall–Kier alpha value is -3.52. The highest BCUT2D eigenvalue weighted by atomic mass is 16.7. The third-order valence-corrected chi connectivity index (χ3v) is 5.91. The monoisotopic (exact) mass is 483 g/mol. The van der Waals surface area contributed by atoms with Gasteiger partial charge in [-0.05, 0) is 42.7 Å². The number of nitrogens with one attached hydrogen (secondary N) is 1. The van der Waals surface area contributed by atoms with Crippen molar-refractivity contribution in [3.63, 3.8) is 0 Å². The first-order chi connectivity index (χ1) is 17.0. The number of aryl methyl sites for hydroxylation is 1. The zero-order chi connectivity index (χ0) is 25.2. The van der Waals surface area contributed by atoms with Crippen molar-refractivity contribution in [3.05, 3.63) is 46.1 Å². The molecule has 0 saturated carbocycles. The quantitative estimate of drug-likeness (QED) is 0.105. The molecule has 0 aliphatic heterocycles. The molecule has 35 heavy (non-hydrogen) atoms. The number of carbonyl (C=O) groups is 1. The fourth-order valence-electron chi connectivity index (χ4n) is 4.00. The molecule has 0 amide bonds. The van der Waals surface area contributed by atoms with Crippen molar-refractivity contribution >= 4 is 17.3 Å². The average molecular weight is 484 g/mol. The molecule has 0 radical (unpaired) electrons. The van der Waals surface area contributed by atoms with E-state index in [1.807, 2.05) is 12.1 Å². The second-order valence-electron chi connectivity index (χ2n) is 8.63. The van der Waals surface area contributed by atoms with Crippen LogP contribution in [0.5, 0.6) is 23.0 Å². The van der Waals surface area contributed by atoms with Gasteiger partial charge in [0, 0.05) is 5.56 Å². The van der Waals surface area contributed by atoms with Crippen molar-refractivity contribution < 1.29 is 29.4 Å². The van der Waals surface area contributed by atoms with E-state index in [2.05, 4.69) is 12.4 Å². The van der Waals surface area contributed by atoms with Crippen LogP contribution in [0.4, 0.5) is 0 Å². The maximum Gasteiger partial charge on any atom is 0.238 e. The Kier molecular flexibility index (Phi) is 9.55. The Morgan fingerprint density at radius 3 is 2.26 bits per heavy atom. The summed E-state index contributed by atoms with van der Waals surface area (Å²) in [6.45, 7) is 2.05. The summed E-state index contributed by atoms with van der Waals surface area (Å²) in [7, 11) is 0. The first kappa shape index (κ1) is 26.1. The molecule has 3 rings (SSSR count). The molecular formula is C27H33NO7. The van der Waals surface area contributed by atoms with Crippen LogP contribution in [0.15, 0.2) is 39.5 Å². The smallest absolute Gasteiger partial charge is 0.238 e. The normalized spacial score (nSPS) is 11.1. The molecule has 4 N–H and O–H groups in total. The molecule has 3 aromatic rings. The Morgan fingerprint density at radius 1 is 0.943 bits per heavy atom. The van der Waals surface area contributed by atoms with Crippen LogP contribution in [0.25, 0.3) is 22.3 Å². The molecule has 0 saturated heterocycles. The maximum absolute atomic E-state index is 13.2. The third kappa shape index (κ3) is 6.76. The summed E-state index contributed by atoms with van der Waals surface area (Å²) in [6.07, 6.45) is 11.2. The van der Waals surface area contributed by atoms with E-state index in [1.165, 1.54) is 38.5 Å². The van der Waals surface area contributed by atoms with Gasteiger partial charge in [-0.25, -0.2) is 0 Å². The van der Waals surface area contributed by atoms with Crippen LogP contribution in [0.1, 0.15) is 63.9 Å². The molecule has 0 atom stereocenters. The number of carbonyl (C=O) groups excluding carboxylic acids is 1. The first-order valence-electron chi connectivity index (χ1n) is 12.1. The number of hydrogen-bond donors (Lipinski definition) is 4. The highest BCUT2D eigenvalue weighted by Crippen LogP contribution is 2.41. The van der Waals surface area contributed by atoms with Crippen LogP contribution >= 0.6 is 0 Å². The van der Waals surface area contributed by atoms with Crippen LogP contribution in [0.2, 0.25) is 0 Å². The van der Waals surface area contributed by atoms with E-state index in [4.69, 9.17) is 9.25 Å². The maximum atomic E-state index is 13.2. The molecule has 0 bridgehead atoms. The Bertz CT molecular complexity index is 1180. The van der Waals surface area contributed by atoms with Gasteiger partial charge in [-0.2, -0.15) is 0 Å². The van der Waals surface area contributed by atoms with Crippen molar-refractivity contribution in [2.45, 2.75) is 64.7 Å². The number of rotatable bonds is 14. The van der Waals surface area contributed by atoms with E-state index >= 15 is 0 Å². The zero-order valence-electron chi connectivity index (χ0n) is 20.0. The molecular weight excluding hydrogens is 450 g/mol. The van der Waals surface area contributed by atoms with Gasteiger partial charge in [0.05, 0.1) is 11.9 Å². The van der Waals surface area contributed by atoms with Gasteiger partial charge in [-0.15, -0.1) is 5.48 Å². The summed E-state index contributed by atoms with van der Waals surface area (Å²) in [5.41, 5.74) is 3.37. The molecule has 1 heterocycles. The molecule has 8 heteroatoms. The number of aromatic hydroxyl groups is 3. The Morgan fingerprint density at radius 2 is 1.60 bits per heavy atom. The predicted octanol–water partition coefficient (Wildman–Crippen LogP) is 5.34. The van der Waals surface area contributed by atoms with E-state index in [9.17, 15) is 24.9 Å². The van der Waals surface area contributed by atoms with Gasteiger partial charge in [-0.3, -0.25) is 4.79 Å². The van der Waals surface area contributed by atoms with E-state index in [-0.39, 0.29) is 23.6 Å². The summed E-state index contributed by atoms with van der Waals surface area (Å²) < 4.78 is 6.01.